The summed E-state index contributed by atoms with van der Waals surface area (Å²) < 4.78 is 10.5. The highest BCUT2D eigenvalue weighted by Crippen LogP contribution is 2.27. The Bertz CT molecular complexity index is 790. The fraction of sp³-hybridized carbons (Fsp3) is 0.333. The predicted octanol–water partition coefficient (Wildman–Crippen LogP) is 2.49. The molecule has 0 bridgehead atoms. The molecular formula is C21H26N2O4. The van der Waals surface area contributed by atoms with Crippen molar-refractivity contribution in [2.75, 3.05) is 27.3 Å². The highest BCUT2D eigenvalue weighted by molar-refractivity contribution is 5.95. The monoisotopic (exact) mass is 370 g/mol. The molecule has 0 radical (unpaired) electrons. The zero-order valence-corrected chi connectivity index (χ0v) is 16.0. The van der Waals surface area contributed by atoms with Crippen LogP contribution in [0.2, 0.25) is 0 Å². The molecule has 27 heavy (non-hydrogen) atoms. The largest absolute Gasteiger partial charge is 0.493 e. The summed E-state index contributed by atoms with van der Waals surface area (Å²) in [6.45, 7) is 2.70. The molecule has 0 aromatic heterocycles. The van der Waals surface area contributed by atoms with E-state index in [1.165, 1.54) is 0 Å². The second kappa shape index (κ2) is 10.2. The van der Waals surface area contributed by atoms with E-state index in [9.17, 15) is 9.59 Å². The van der Waals surface area contributed by atoms with Gasteiger partial charge in [0.1, 0.15) is 0 Å². The molecule has 0 saturated heterocycles. The van der Waals surface area contributed by atoms with Crippen molar-refractivity contribution in [3.8, 4) is 11.5 Å². The van der Waals surface area contributed by atoms with Gasteiger partial charge in [-0.3, -0.25) is 9.59 Å². The number of nitrogens with one attached hydrogen (secondary N) is 2. The topological polar surface area (TPSA) is 76.7 Å². The van der Waals surface area contributed by atoms with Crippen LogP contribution in [0.4, 0.5) is 0 Å². The number of aryl methyl sites for hydroxylation is 1. The lowest BCUT2D eigenvalue weighted by Gasteiger charge is -2.10. The zero-order chi connectivity index (χ0) is 19.6. The summed E-state index contributed by atoms with van der Waals surface area (Å²) in [4.78, 5) is 24.0. The van der Waals surface area contributed by atoms with Gasteiger partial charge in [0, 0.05) is 25.1 Å². The van der Waals surface area contributed by atoms with Crippen molar-refractivity contribution in [3.63, 3.8) is 0 Å². The third kappa shape index (κ3) is 6.02. The lowest BCUT2D eigenvalue weighted by molar-refractivity contribution is -0.120. The van der Waals surface area contributed by atoms with Crippen LogP contribution in [0.5, 0.6) is 11.5 Å². The number of rotatable bonds is 9. The van der Waals surface area contributed by atoms with Crippen molar-refractivity contribution in [2.45, 2.75) is 19.8 Å². The van der Waals surface area contributed by atoms with Crippen LogP contribution < -0.4 is 20.1 Å². The van der Waals surface area contributed by atoms with Gasteiger partial charge in [-0.25, -0.2) is 0 Å². The van der Waals surface area contributed by atoms with Gasteiger partial charge < -0.3 is 20.1 Å². The smallest absolute Gasteiger partial charge is 0.251 e. The summed E-state index contributed by atoms with van der Waals surface area (Å²) >= 11 is 0. The first kappa shape index (κ1) is 20.3. The number of carbonyl (C=O) groups is 2. The van der Waals surface area contributed by atoms with E-state index >= 15 is 0 Å². The highest BCUT2D eigenvalue weighted by atomic mass is 16.5. The van der Waals surface area contributed by atoms with Crippen molar-refractivity contribution >= 4 is 11.8 Å². The van der Waals surface area contributed by atoms with Crippen molar-refractivity contribution in [2.24, 2.45) is 0 Å². The summed E-state index contributed by atoms with van der Waals surface area (Å²) in [5.41, 5.74) is 2.58. The molecule has 2 aromatic carbocycles. The van der Waals surface area contributed by atoms with E-state index in [0.717, 1.165) is 11.1 Å². The molecule has 2 amide bonds. The first-order valence-corrected chi connectivity index (χ1v) is 8.86. The number of amides is 2. The van der Waals surface area contributed by atoms with Crippen LogP contribution in [-0.4, -0.2) is 39.1 Å². The second-order valence-electron chi connectivity index (χ2n) is 6.11. The van der Waals surface area contributed by atoms with Gasteiger partial charge in [0.15, 0.2) is 11.5 Å². The van der Waals surface area contributed by atoms with Gasteiger partial charge in [-0.05, 0) is 42.7 Å². The van der Waals surface area contributed by atoms with Gasteiger partial charge in [-0.2, -0.15) is 0 Å². The van der Waals surface area contributed by atoms with Gasteiger partial charge >= 0.3 is 0 Å². The summed E-state index contributed by atoms with van der Waals surface area (Å²) in [6.07, 6.45) is 0.922. The molecule has 2 rings (SSSR count). The number of ether oxygens (including phenoxy) is 2. The maximum atomic E-state index is 12.1. The summed E-state index contributed by atoms with van der Waals surface area (Å²) in [5.74, 6) is 1.08. The molecule has 0 aliphatic carbocycles. The molecule has 0 heterocycles. The first-order valence-electron chi connectivity index (χ1n) is 8.86. The third-order valence-electron chi connectivity index (χ3n) is 4.21. The molecular weight excluding hydrogens is 344 g/mol. The Morgan fingerprint density at radius 1 is 0.926 bits per heavy atom. The molecule has 6 nitrogen and oxygen atoms in total. The maximum Gasteiger partial charge on any atom is 0.251 e. The van der Waals surface area contributed by atoms with E-state index in [4.69, 9.17) is 9.47 Å². The SMILES string of the molecule is COc1ccc(CCNC(=O)CCNC(=O)c2ccccc2C)cc1OC. The Morgan fingerprint density at radius 2 is 1.67 bits per heavy atom. The van der Waals surface area contributed by atoms with E-state index in [0.29, 0.717) is 36.6 Å². The summed E-state index contributed by atoms with van der Waals surface area (Å²) in [7, 11) is 3.18. The third-order valence-corrected chi connectivity index (χ3v) is 4.21. The minimum atomic E-state index is -0.161. The minimum Gasteiger partial charge on any atom is -0.493 e. The first-order chi connectivity index (χ1) is 13.0. The van der Waals surface area contributed by atoms with E-state index < -0.39 is 0 Å². The standard InChI is InChI=1S/C21H26N2O4/c1-15-6-4-5-7-17(15)21(25)23-13-11-20(24)22-12-10-16-8-9-18(26-2)19(14-16)27-3/h4-9,14H,10-13H2,1-3H3,(H,22,24)(H,23,25). The zero-order valence-electron chi connectivity index (χ0n) is 16.0. The lowest BCUT2D eigenvalue weighted by Crippen LogP contribution is -2.31. The molecule has 0 fully saturated rings. The molecule has 0 saturated carbocycles. The number of benzene rings is 2. The van der Waals surface area contributed by atoms with Crippen molar-refractivity contribution < 1.29 is 19.1 Å². The molecule has 6 heteroatoms. The minimum absolute atomic E-state index is 0.0967. The number of hydrogen-bond acceptors (Lipinski definition) is 4. The Morgan fingerprint density at radius 3 is 2.37 bits per heavy atom. The average molecular weight is 370 g/mol. The van der Waals surface area contributed by atoms with Crippen LogP contribution in [0.1, 0.15) is 27.9 Å². The van der Waals surface area contributed by atoms with Gasteiger partial charge in [0.2, 0.25) is 5.91 Å². The van der Waals surface area contributed by atoms with Crippen LogP contribution in [0.3, 0.4) is 0 Å². The molecule has 0 aliphatic heterocycles. The maximum absolute atomic E-state index is 12.1. The Kier molecular flexibility index (Phi) is 7.67. The number of methoxy groups -OCH3 is 2. The molecule has 2 N–H and O–H groups in total. The number of carbonyl (C=O) groups excluding carboxylic acids is 2. The van der Waals surface area contributed by atoms with Crippen LogP contribution in [0.15, 0.2) is 42.5 Å². The molecule has 2 aromatic rings. The van der Waals surface area contributed by atoms with Gasteiger partial charge in [0.05, 0.1) is 14.2 Å². The molecule has 0 spiro atoms. The van der Waals surface area contributed by atoms with Crippen molar-refractivity contribution in [1.82, 2.24) is 10.6 Å². The molecule has 144 valence electrons. The highest BCUT2D eigenvalue weighted by Gasteiger charge is 2.09. The van der Waals surface area contributed by atoms with Gasteiger partial charge in [-0.1, -0.05) is 24.3 Å². The van der Waals surface area contributed by atoms with Crippen LogP contribution in [0, 0.1) is 6.92 Å². The summed E-state index contributed by atoms with van der Waals surface area (Å²) in [5, 5.41) is 5.64. The van der Waals surface area contributed by atoms with Crippen LogP contribution in [0.25, 0.3) is 0 Å². The van der Waals surface area contributed by atoms with E-state index in [1.54, 1.807) is 20.3 Å². The van der Waals surface area contributed by atoms with Gasteiger partial charge in [0.25, 0.3) is 5.91 Å². The quantitative estimate of drug-likeness (QED) is 0.711. The molecule has 0 aliphatic rings. The second-order valence-corrected chi connectivity index (χ2v) is 6.11. The fourth-order valence-electron chi connectivity index (χ4n) is 2.68. The van der Waals surface area contributed by atoms with E-state index in [-0.39, 0.29) is 18.2 Å². The Hall–Kier alpha value is -3.02. The summed E-state index contributed by atoms with van der Waals surface area (Å²) in [6, 6.07) is 13.0. The fourth-order valence-corrected chi connectivity index (χ4v) is 2.68. The average Bonchev–Trinajstić information content (AvgIpc) is 2.68. The van der Waals surface area contributed by atoms with Crippen molar-refractivity contribution in [1.29, 1.82) is 0 Å². The van der Waals surface area contributed by atoms with E-state index in [1.807, 2.05) is 43.3 Å². The lowest BCUT2D eigenvalue weighted by atomic mass is 10.1. The Labute approximate surface area is 159 Å². The van der Waals surface area contributed by atoms with Crippen LogP contribution in [-0.2, 0) is 11.2 Å². The Balaban J connectivity index is 1.71. The predicted molar refractivity (Wildman–Crippen MR) is 104 cm³/mol. The molecule has 0 unspecified atom stereocenters. The van der Waals surface area contributed by atoms with Crippen LogP contribution >= 0.6 is 0 Å². The number of hydrogen-bond donors (Lipinski definition) is 2. The van der Waals surface area contributed by atoms with Crippen molar-refractivity contribution in [3.05, 3.63) is 59.2 Å². The normalized spacial score (nSPS) is 10.2. The molecule has 0 atom stereocenters. The van der Waals surface area contributed by atoms with E-state index in [2.05, 4.69) is 10.6 Å². The van der Waals surface area contributed by atoms with Gasteiger partial charge in [-0.15, -0.1) is 0 Å².